The van der Waals surface area contributed by atoms with Gasteiger partial charge in [-0.25, -0.2) is 9.97 Å². The van der Waals surface area contributed by atoms with E-state index in [0.29, 0.717) is 5.69 Å². The first-order valence-corrected chi connectivity index (χ1v) is 5.96. The minimum Gasteiger partial charge on any atom is -0.241 e. The molecule has 0 saturated carbocycles. The highest BCUT2D eigenvalue weighted by Gasteiger charge is 2.27. The van der Waals surface area contributed by atoms with E-state index in [1.54, 1.807) is 12.3 Å². The first-order chi connectivity index (χ1) is 7.66. The van der Waals surface area contributed by atoms with Gasteiger partial charge in [-0.1, -0.05) is 39.5 Å². The van der Waals surface area contributed by atoms with Crippen LogP contribution >= 0.6 is 0 Å². The molecule has 0 aliphatic carbocycles. The van der Waals surface area contributed by atoms with E-state index in [2.05, 4.69) is 36.7 Å². The summed E-state index contributed by atoms with van der Waals surface area (Å²) in [4.78, 5) is 8.84. The van der Waals surface area contributed by atoms with Crippen molar-refractivity contribution < 1.29 is 0 Å². The van der Waals surface area contributed by atoms with Crippen LogP contribution in [0.4, 0.5) is 0 Å². The van der Waals surface area contributed by atoms with E-state index in [1.165, 1.54) is 0 Å². The molecule has 86 valence electrons. The molecule has 16 heavy (non-hydrogen) atoms. The average molecular weight is 216 g/mol. The summed E-state index contributed by atoms with van der Waals surface area (Å²) < 4.78 is 0. The topological polar surface area (TPSA) is 25.8 Å². The summed E-state index contributed by atoms with van der Waals surface area (Å²) in [6, 6.07) is 1.78. The molecular weight excluding hydrogens is 196 g/mol. The summed E-state index contributed by atoms with van der Waals surface area (Å²) in [5.41, 5.74) is 0.750. The van der Waals surface area contributed by atoms with Gasteiger partial charge in [0, 0.05) is 11.6 Å². The number of hydrogen-bond acceptors (Lipinski definition) is 2. The summed E-state index contributed by atoms with van der Waals surface area (Å²) in [6.07, 6.45) is 11.6. The molecule has 0 atom stereocenters. The molecule has 0 fully saturated rings. The van der Waals surface area contributed by atoms with E-state index in [0.717, 1.165) is 31.5 Å². The predicted molar refractivity (Wildman–Crippen MR) is 67.1 cm³/mol. The van der Waals surface area contributed by atoms with Crippen LogP contribution in [0.1, 0.15) is 58.0 Å². The quantitative estimate of drug-likeness (QED) is 0.706. The van der Waals surface area contributed by atoms with E-state index < -0.39 is 0 Å². The van der Waals surface area contributed by atoms with Gasteiger partial charge in [0.05, 0.1) is 0 Å². The van der Waals surface area contributed by atoms with Gasteiger partial charge in [0.25, 0.3) is 0 Å². The van der Waals surface area contributed by atoms with E-state index in [9.17, 15) is 0 Å². The molecule has 0 aliphatic heterocycles. The number of aromatic nitrogens is 2. The van der Waals surface area contributed by atoms with Gasteiger partial charge in [0.1, 0.15) is 11.5 Å². The maximum Gasteiger partial charge on any atom is 0.135 e. The molecule has 1 rings (SSSR count). The lowest BCUT2D eigenvalue weighted by Gasteiger charge is -2.27. The summed E-state index contributed by atoms with van der Waals surface area (Å²) in [6.45, 7) is 6.62. The SMILES string of the molecule is C#Cc1ccnc(C(C)(CCC)CCC)n1. The highest BCUT2D eigenvalue weighted by molar-refractivity contribution is 5.24. The Kier molecular flexibility index (Phi) is 4.49. The molecular formula is C14H20N2. The zero-order chi connectivity index (χ0) is 12.0. The maximum absolute atomic E-state index is 5.37. The molecule has 0 aromatic carbocycles. The lowest BCUT2D eigenvalue weighted by Crippen LogP contribution is -2.25. The molecule has 0 N–H and O–H groups in total. The van der Waals surface area contributed by atoms with Crippen LogP contribution in [0.2, 0.25) is 0 Å². The van der Waals surface area contributed by atoms with Gasteiger partial charge in [-0.05, 0) is 18.9 Å². The van der Waals surface area contributed by atoms with Crippen molar-refractivity contribution in [1.82, 2.24) is 9.97 Å². The van der Waals surface area contributed by atoms with Crippen molar-refractivity contribution in [2.75, 3.05) is 0 Å². The van der Waals surface area contributed by atoms with Gasteiger partial charge in [-0.15, -0.1) is 6.42 Å². The molecule has 1 aromatic heterocycles. The smallest absolute Gasteiger partial charge is 0.135 e. The maximum atomic E-state index is 5.37. The van der Waals surface area contributed by atoms with Crippen molar-refractivity contribution in [3.63, 3.8) is 0 Å². The van der Waals surface area contributed by atoms with E-state index in [1.807, 2.05) is 0 Å². The lowest BCUT2D eigenvalue weighted by atomic mass is 9.80. The Labute approximate surface area is 98.5 Å². The monoisotopic (exact) mass is 216 g/mol. The van der Waals surface area contributed by atoms with Crippen LogP contribution < -0.4 is 0 Å². The van der Waals surface area contributed by atoms with Gasteiger partial charge in [0.15, 0.2) is 0 Å². The molecule has 0 spiro atoms. The van der Waals surface area contributed by atoms with Crippen LogP contribution in [0.3, 0.4) is 0 Å². The highest BCUT2D eigenvalue weighted by atomic mass is 14.9. The zero-order valence-electron chi connectivity index (χ0n) is 10.5. The third-order valence-electron chi connectivity index (χ3n) is 2.95. The Balaban J connectivity index is 3.05. The van der Waals surface area contributed by atoms with Crippen LogP contribution in [0, 0.1) is 12.3 Å². The molecule has 1 aromatic rings. The van der Waals surface area contributed by atoms with Crippen molar-refractivity contribution in [3.8, 4) is 12.3 Å². The molecule has 0 saturated heterocycles. The van der Waals surface area contributed by atoms with Crippen molar-refractivity contribution in [3.05, 3.63) is 23.8 Å². The second-order valence-corrected chi connectivity index (χ2v) is 4.47. The molecule has 0 radical (unpaired) electrons. The average Bonchev–Trinajstić information content (AvgIpc) is 2.30. The van der Waals surface area contributed by atoms with Crippen molar-refractivity contribution in [2.45, 2.75) is 51.9 Å². The fourth-order valence-electron chi connectivity index (χ4n) is 2.18. The fraction of sp³-hybridized carbons (Fsp3) is 0.571. The van der Waals surface area contributed by atoms with Gasteiger partial charge < -0.3 is 0 Å². The van der Waals surface area contributed by atoms with Crippen molar-refractivity contribution in [2.24, 2.45) is 0 Å². The van der Waals surface area contributed by atoms with Crippen LogP contribution in [-0.4, -0.2) is 9.97 Å². The normalized spacial score (nSPS) is 11.1. The third-order valence-corrected chi connectivity index (χ3v) is 2.95. The Morgan fingerprint density at radius 3 is 2.44 bits per heavy atom. The van der Waals surface area contributed by atoms with Gasteiger partial charge in [-0.3, -0.25) is 0 Å². The second kappa shape index (κ2) is 5.65. The zero-order valence-corrected chi connectivity index (χ0v) is 10.5. The molecule has 0 bridgehead atoms. The number of nitrogens with zero attached hydrogens (tertiary/aromatic N) is 2. The van der Waals surface area contributed by atoms with E-state index in [-0.39, 0.29) is 5.41 Å². The Morgan fingerprint density at radius 1 is 1.31 bits per heavy atom. The number of rotatable bonds is 5. The van der Waals surface area contributed by atoms with Crippen LogP contribution in [0.15, 0.2) is 12.3 Å². The number of hydrogen-bond donors (Lipinski definition) is 0. The van der Waals surface area contributed by atoms with Crippen molar-refractivity contribution >= 4 is 0 Å². The minimum absolute atomic E-state index is 0.0658. The third kappa shape index (κ3) is 2.82. The highest BCUT2D eigenvalue weighted by Crippen LogP contribution is 2.31. The van der Waals surface area contributed by atoms with Gasteiger partial charge >= 0.3 is 0 Å². The second-order valence-electron chi connectivity index (χ2n) is 4.47. The molecule has 0 amide bonds. The summed E-state index contributed by atoms with van der Waals surface area (Å²) in [7, 11) is 0. The summed E-state index contributed by atoms with van der Waals surface area (Å²) in [5.74, 6) is 3.47. The molecule has 1 heterocycles. The van der Waals surface area contributed by atoms with Crippen LogP contribution in [0.25, 0.3) is 0 Å². The first kappa shape index (κ1) is 12.7. The summed E-state index contributed by atoms with van der Waals surface area (Å²) in [5, 5.41) is 0. The standard InChI is InChI=1S/C14H20N2/c1-5-9-14(4,10-6-2)13-15-11-8-12(7-3)16-13/h3,8,11H,5-6,9-10H2,1-2,4H3. The van der Waals surface area contributed by atoms with Crippen LogP contribution in [-0.2, 0) is 5.41 Å². The molecule has 2 heteroatoms. The Bertz CT molecular complexity index is 371. The minimum atomic E-state index is 0.0658. The summed E-state index contributed by atoms with van der Waals surface area (Å²) >= 11 is 0. The van der Waals surface area contributed by atoms with Gasteiger partial charge in [0.2, 0.25) is 0 Å². The van der Waals surface area contributed by atoms with Gasteiger partial charge in [-0.2, -0.15) is 0 Å². The lowest BCUT2D eigenvalue weighted by molar-refractivity contribution is 0.369. The largest absolute Gasteiger partial charge is 0.241 e. The number of terminal acetylenes is 1. The van der Waals surface area contributed by atoms with E-state index in [4.69, 9.17) is 6.42 Å². The molecule has 0 unspecified atom stereocenters. The van der Waals surface area contributed by atoms with E-state index >= 15 is 0 Å². The Hall–Kier alpha value is -1.36. The van der Waals surface area contributed by atoms with Crippen LogP contribution in [0.5, 0.6) is 0 Å². The predicted octanol–water partition coefficient (Wildman–Crippen LogP) is 3.32. The fourth-order valence-corrected chi connectivity index (χ4v) is 2.18. The molecule has 2 nitrogen and oxygen atoms in total. The molecule has 0 aliphatic rings. The van der Waals surface area contributed by atoms with Crippen molar-refractivity contribution in [1.29, 1.82) is 0 Å². The first-order valence-electron chi connectivity index (χ1n) is 5.96. The Morgan fingerprint density at radius 2 is 1.94 bits per heavy atom.